The van der Waals surface area contributed by atoms with Gasteiger partial charge in [-0.1, -0.05) is 18.7 Å². The van der Waals surface area contributed by atoms with Crippen LogP contribution in [0.2, 0.25) is 0 Å². The molecule has 114 valence electrons. The van der Waals surface area contributed by atoms with Crippen LogP contribution >= 0.6 is 0 Å². The second-order valence-electron chi connectivity index (χ2n) is 5.71. The fourth-order valence-corrected chi connectivity index (χ4v) is 1.66. The van der Waals surface area contributed by atoms with Gasteiger partial charge in [0.1, 0.15) is 11.4 Å². The molecular formula is C16H20FNO3. The smallest absolute Gasteiger partial charge is 0.408 e. The van der Waals surface area contributed by atoms with Crippen LogP contribution in [0.25, 0.3) is 0 Å². The first-order valence-electron chi connectivity index (χ1n) is 6.55. The summed E-state index contributed by atoms with van der Waals surface area (Å²) in [5.74, 6) is -0.663. The number of Topliss-reactive ketones (excluding diaryl/α,β-unsaturated/α-hetero) is 1. The molecule has 0 saturated heterocycles. The summed E-state index contributed by atoms with van der Waals surface area (Å²) in [4.78, 5) is 23.4. The Balaban J connectivity index is 2.98. The molecule has 4 nitrogen and oxygen atoms in total. The highest BCUT2D eigenvalue weighted by molar-refractivity contribution is 5.94. The molecule has 21 heavy (non-hydrogen) atoms. The number of hydrogen-bond acceptors (Lipinski definition) is 3. The number of halogens is 1. The fourth-order valence-electron chi connectivity index (χ4n) is 1.66. The summed E-state index contributed by atoms with van der Waals surface area (Å²) in [6.07, 6.45) is -0.667. The van der Waals surface area contributed by atoms with Crippen molar-refractivity contribution in [2.24, 2.45) is 0 Å². The summed E-state index contributed by atoms with van der Waals surface area (Å²) in [6.45, 7) is 10.3. The van der Waals surface area contributed by atoms with Crippen LogP contribution < -0.4 is 5.32 Å². The molecule has 1 amide bonds. The highest BCUT2D eigenvalue weighted by Gasteiger charge is 2.24. The fraction of sp³-hybridized carbons (Fsp3) is 0.375. The van der Waals surface area contributed by atoms with Crippen LogP contribution in [0.1, 0.15) is 39.3 Å². The van der Waals surface area contributed by atoms with Crippen molar-refractivity contribution in [3.8, 4) is 0 Å². The first-order chi connectivity index (χ1) is 9.60. The Morgan fingerprint density at radius 1 is 1.24 bits per heavy atom. The predicted octanol–water partition coefficient (Wildman–Crippen LogP) is 3.54. The molecule has 0 aliphatic heterocycles. The average Bonchev–Trinajstić information content (AvgIpc) is 2.34. The van der Waals surface area contributed by atoms with Crippen molar-refractivity contribution in [2.45, 2.75) is 39.3 Å². The van der Waals surface area contributed by atoms with Crippen molar-refractivity contribution in [3.63, 3.8) is 0 Å². The van der Waals surface area contributed by atoms with Gasteiger partial charge in [-0.2, -0.15) is 0 Å². The van der Waals surface area contributed by atoms with Gasteiger partial charge < -0.3 is 10.1 Å². The first-order valence-corrected chi connectivity index (χ1v) is 6.55. The minimum atomic E-state index is -0.752. The van der Waals surface area contributed by atoms with Crippen molar-refractivity contribution >= 4 is 11.9 Å². The topological polar surface area (TPSA) is 55.4 Å². The number of rotatable bonds is 4. The molecular weight excluding hydrogens is 273 g/mol. The van der Waals surface area contributed by atoms with Crippen molar-refractivity contribution in [1.82, 2.24) is 5.32 Å². The van der Waals surface area contributed by atoms with E-state index in [2.05, 4.69) is 11.9 Å². The van der Waals surface area contributed by atoms with Gasteiger partial charge in [-0.05, 0) is 45.4 Å². The monoisotopic (exact) mass is 293 g/mol. The highest BCUT2D eigenvalue weighted by atomic mass is 19.1. The Hall–Kier alpha value is -2.17. The van der Waals surface area contributed by atoms with Gasteiger partial charge in [-0.3, -0.25) is 4.79 Å². The molecule has 1 aromatic carbocycles. The average molecular weight is 293 g/mol. The van der Waals surface area contributed by atoms with Crippen LogP contribution in [-0.4, -0.2) is 17.5 Å². The Labute approximate surface area is 124 Å². The molecule has 0 radical (unpaired) electrons. The van der Waals surface area contributed by atoms with Gasteiger partial charge in [0, 0.05) is 5.57 Å². The molecule has 5 heteroatoms. The number of benzene rings is 1. The van der Waals surface area contributed by atoms with Crippen LogP contribution in [0.15, 0.2) is 36.4 Å². The van der Waals surface area contributed by atoms with E-state index in [1.54, 1.807) is 20.8 Å². The molecule has 0 spiro atoms. The SMILES string of the molecule is C=C(C(C)=O)[C@@H](NC(=O)OC(C)(C)C)c1ccc(F)cc1. The van der Waals surface area contributed by atoms with Crippen molar-refractivity contribution in [1.29, 1.82) is 0 Å². The molecule has 1 rings (SSSR count). The van der Waals surface area contributed by atoms with Gasteiger partial charge in [-0.15, -0.1) is 0 Å². The maximum Gasteiger partial charge on any atom is 0.408 e. The minimum Gasteiger partial charge on any atom is -0.444 e. The zero-order valence-corrected chi connectivity index (χ0v) is 12.7. The largest absolute Gasteiger partial charge is 0.444 e. The maximum absolute atomic E-state index is 13.0. The van der Waals surface area contributed by atoms with Crippen LogP contribution in [0, 0.1) is 5.82 Å². The molecule has 1 aromatic rings. The zero-order valence-electron chi connectivity index (χ0n) is 12.7. The molecule has 0 aliphatic carbocycles. The van der Waals surface area contributed by atoms with E-state index in [9.17, 15) is 14.0 Å². The van der Waals surface area contributed by atoms with E-state index in [-0.39, 0.29) is 11.4 Å². The lowest BCUT2D eigenvalue weighted by Gasteiger charge is -2.24. The van der Waals surface area contributed by atoms with Gasteiger partial charge in [-0.25, -0.2) is 9.18 Å². The Morgan fingerprint density at radius 3 is 2.19 bits per heavy atom. The Kier molecular flexibility index (Phi) is 5.24. The summed E-state index contributed by atoms with van der Waals surface area (Å²) in [6, 6.07) is 4.74. The van der Waals surface area contributed by atoms with E-state index in [4.69, 9.17) is 4.74 Å². The van der Waals surface area contributed by atoms with Crippen molar-refractivity contribution in [2.75, 3.05) is 0 Å². The quantitative estimate of drug-likeness (QED) is 0.864. The van der Waals surface area contributed by atoms with Gasteiger partial charge in [0.05, 0.1) is 6.04 Å². The molecule has 0 aromatic heterocycles. The van der Waals surface area contributed by atoms with E-state index in [1.165, 1.54) is 31.2 Å². The van der Waals surface area contributed by atoms with Gasteiger partial charge in [0.15, 0.2) is 5.78 Å². The number of nitrogens with one attached hydrogen (secondary N) is 1. The second kappa shape index (κ2) is 6.52. The third-order valence-electron chi connectivity index (χ3n) is 2.67. The second-order valence-corrected chi connectivity index (χ2v) is 5.71. The van der Waals surface area contributed by atoms with Gasteiger partial charge >= 0.3 is 6.09 Å². The molecule has 0 aliphatic rings. The molecule has 1 atom stereocenters. The highest BCUT2D eigenvalue weighted by Crippen LogP contribution is 2.22. The van der Waals surface area contributed by atoms with Gasteiger partial charge in [0.25, 0.3) is 0 Å². The molecule has 0 bridgehead atoms. The molecule has 0 heterocycles. The number of ether oxygens (including phenoxy) is 1. The van der Waals surface area contributed by atoms with Crippen LogP contribution in [0.4, 0.5) is 9.18 Å². The number of amides is 1. The van der Waals surface area contributed by atoms with Crippen LogP contribution in [-0.2, 0) is 9.53 Å². The van der Waals surface area contributed by atoms with E-state index < -0.39 is 23.6 Å². The third-order valence-corrected chi connectivity index (χ3v) is 2.67. The molecule has 1 N–H and O–H groups in total. The lowest BCUT2D eigenvalue weighted by atomic mass is 9.97. The minimum absolute atomic E-state index is 0.201. The normalized spacial score (nSPS) is 12.4. The number of hydrogen-bond donors (Lipinski definition) is 1. The summed E-state index contributed by atoms with van der Waals surface area (Å²) in [5, 5.41) is 2.59. The molecule has 0 saturated carbocycles. The zero-order chi connectivity index (χ0) is 16.2. The van der Waals surface area contributed by atoms with E-state index in [0.717, 1.165) is 0 Å². The predicted molar refractivity (Wildman–Crippen MR) is 78.3 cm³/mol. The van der Waals surface area contributed by atoms with Crippen LogP contribution in [0.3, 0.4) is 0 Å². The van der Waals surface area contributed by atoms with Gasteiger partial charge in [0.2, 0.25) is 0 Å². The summed E-state index contributed by atoms with van der Waals surface area (Å²) < 4.78 is 18.2. The summed E-state index contributed by atoms with van der Waals surface area (Å²) >= 11 is 0. The number of carbonyl (C=O) groups excluding carboxylic acids is 2. The lowest BCUT2D eigenvalue weighted by Crippen LogP contribution is -2.36. The van der Waals surface area contributed by atoms with E-state index in [0.29, 0.717) is 5.56 Å². The summed E-state index contributed by atoms with van der Waals surface area (Å²) in [7, 11) is 0. The van der Waals surface area contributed by atoms with Crippen molar-refractivity contribution in [3.05, 3.63) is 47.8 Å². The summed E-state index contributed by atoms with van der Waals surface area (Å²) in [5.41, 5.74) is 0.101. The van der Waals surface area contributed by atoms with E-state index >= 15 is 0 Å². The van der Waals surface area contributed by atoms with E-state index in [1.807, 2.05) is 0 Å². The standard InChI is InChI=1S/C16H20FNO3/c1-10(11(2)19)14(12-6-8-13(17)9-7-12)18-15(20)21-16(3,4)5/h6-9,14H,1H2,2-5H3,(H,18,20)/t14-/m1/s1. The Bertz CT molecular complexity index is 544. The lowest BCUT2D eigenvalue weighted by molar-refractivity contribution is -0.113. The third kappa shape index (κ3) is 5.38. The Morgan fingerprint density at radius 2 is 1.76 bits per heavy atom. The van der Waals surface area contributed by atoms with Crippen molar-refractivity contribution < 1.29 is 18.7 Å². The molecule has 0 fully saturated rings. The molecule has 0 unspecified atom stereocenters. The number of alkyl carbamates (subject to hydrolysis) is 1. The maximum atomic E-state index is 13.0. The van der Waals surface area contributed by atoms with Crippen LogP contribution in [0.5, 0.6) is 0 Å². The first kappa shape index (κ1) is 16.9. The number of carbonyl (C=O) groups is 2. The number of ketones is 1.